The molecule has 23 heavy (non-hydrogen) atoms. The summed E-state index contributed by atoms with van der Waals surface area (Å²) in [5.74, 6) is -0.0180. The Morgan fingerprint density at radius 2 is 2.13 bits per heavy atom. The fraction of sp³-hybridized carbons (Fsp3) is 0.529. The third-order valence-corrected chi connectivity index (χ3v) is 4.33. The molecule has 0 saturated carbocycles. The third-order valence-electron chi connectivity index (χ3n) is 4.03. The maximum Gasteiger partial charge on any atom is 0.238 e. The Morgan fingerprint density at radius 3 is 2.74 bits per heavy atom. The molecule has 1 atom stereocenters. The highest BCUT2D eigenvalue weighted by atomic mass is 35.5. The van der Waals surface area contributed by atoms with Crippen LogP contribution in [0, 0.1) is 19.8 Å². The molecule has 1 aromatic carbocycles. The predicted molar refractivity (Wildman–Crippen MR) is 92.8 cm³/mol. The summed E-state index contributed by atoms with van der Waals surface area (Å²) in [6.45, 7) is 9.27. The zero-order chi connectivity index (χ0) is 17.1. The van der Waals surface area contributed by atoms with Crippen molar-refractivity contribution in [3.05, 3.63) is 28.3 Å². The summed E-state index contributed by atoms with van der Waals surface area (Å²) in [5, 5.41) is 6.28. The Hall–Kier alpha value is -1.59. The molecular formula is C17H24ClN3O2. The SMILES string of the molecule is Cc1cc(C)c(NC(=O)CN2CCNC(=O)C2C(C)C)c(Cl)c1. The number of hydrogen-bond donors (Lipinski definition) is 2. The number of amides is 2. The highest BCUT2D eigenvalue weighted by Crippen LogP contribution is 2.27. The maximum absolute atomic E-state index is 12.4. The number of nitrogens with one attached hydrogen (secondary N) is 2. The van der Waals surface area contributed by atoms with E-state index in [0.29, 0.717) is 23.8 Å². The molecule has 0 radical (unpaired) electrons. The predicted octanol–water partition coefficient (Wildman–Crippen LogP) is 2.35. The van der Waals surface area contributed by atoms with Crippen LogP contribution < -0.4 is 10.6 Å². The van der Waals surface area contributed by atoms with Gasteiger partial charge in [0.25, 0.3) is 0 Å². The summed E-state index contributed by atoms with van der Waals surface area (Å²) in [6, 6.07) is 3.53. The van der Waals surface area contributed by atoms with Crippen LogP contribution in [0.3, 0.4) is 0 Å². The van der Waals surface area contributed by atoms with Gasteiger partial charge in [0.05, 0.1) is 23.3 Å². The molecule has 1 aliphatic rings. The second kappa shape index (κ2) is 7.32. The van der Waals surface area contributed by atoms with Crippen LogP contribution in [-0.4, -0.2) is 42.4 Å². The van der Waals surface area contributed by atoms with Crippen LogP contribution in [0.5, 0.6) is 0 Å². The molecule has 1 fully saturated rings. The van der Waals surface area contributed by atoms with E-state index in [0.717, 1.165) is 11.1 Å². The summed E-state index contributed by atoms with van der Waals surface area (Å²) >= 11 is 6.23. The Morgan fingerprint density at radius 1 is 1.43 bits per heavy atom. The van der Waals surface area contributed by atoms with Crippen molar-refractivity contribution in [2.24, 2.45) is 5.92 Å². The van der Waals surface area contributed by atoms with E-state index in [2.05, 4.69) is 10.6 Å². The van der Waals surface area contributed by atoms with Gasteiger partial charge in [-0.3, -0.25) is 14.5 Å². The minimum atomic E-state index is -0.274. The first-order valence-corrected chi connectivity index (χ1v) is 8.25. The van der Waals surface area contributed by atoms with Gasteiger partial charge in [-0.05, 0) is 37.0 Å². The lowest BCUT2D eigenvalue weighted by Crippen LogP contribution is -2.58. The lowest BCUT2D eigenvalue weighted by atomic mass is 9.99. The summed E-state index contributed by atoms with van der Waals surface area (Å²) in [6.07, 6.45) is 0. The van der Waals surface area contributed by atoms with Crippen molar-refractivity contribution in [3.63, 3.8) is 0 Å². The van der Waals surface area contributed by atoms with Crippen LogP contribution in [0.25, 0.3) is 0 Å². The lowest BCUT2D eigenvalue weighted by Gasteiger charge is -2.36. The zero-order valence-corrected chi connectivity index (χ0v) is 14.8. The fourth-order valence-electron chi connectivity index (χ4n) is 3.07. The Bertz CT molecular complexity index is 593. The van der Waals surface area contributed by atoms with Gasteiger partial charge in [0.15, 0.2) is 0 Å². The van der Waals surface area contributed by atoms with Gasteiger partial charge in [0, 0.05) is 13.1 Å². The van der Waals surface area contributed by atoms with Crippen molar-refractivity contribution in [3.8, 4) is 0 Å². The number of aryl methyl sites for hydroxylation is 2. The molecule has 1 saturated heterocycles. The number of anilines is 1. The van der Waals surface area contributed by atoms with Gasteiger partial charge < -0.3 is 10.6 Å². The number of halogens is 1. The van der Waals surface area contributed by atoms with Gasteiger partial charge in [0.2, 0.25) is 11.8 Å². The number of hydrogen-bond acceptors (Lipinski definition) is 3. The lowest BCUT2D eigenvalue weighted by molar-refractivity contribution is -0.132. The molecule has 1 aliphatic heterocycles. The van der Waals surface area contributed by atoms with E-state index in [1.165, 1.54) is 0 Å². The van der Waals surface area contributed by atoms with E-state index in [-0.39, 0.29) is 30.3 Å². The van der Waals surface area contributed by atoms with Crippen LogP contribution in [0.4, 0.5) is 5.69 Å². The van der Waals surface area contributed by atoms with Gasteiger partial charge in [-0.15, -0.1) is 0 Å². The molecule has 6 heteroatoms. The van der Waals surface area contributed by atoms with Crippen LogP contribution in [-0.2, 0) is 9.59 Å². The summed E-state index contributed by atoms with van der Waals surface area (Å²) in [4.78, 5) is 26.4. The Balaban J connectivity index is 2.08. The van der Waals surface area contributed by atoms with Crippen LogP contribution in [0.15, 0.2) is 12.1 Å². The van der Waals surface area contributed by atoms with Crippen LogP contribution >= 0.6 is 11.6 Å². The quantitative estimate of drug-likeness (QED) is 0.886. The van der Waals surface area contributed by atoms with Gasteiger partial charge in [-0.25, -0.2) is 0 Å². The molecule has 2 amide bonds. The van der Waals surface area contributed by atoms with Crippen LogP contribution in [0.1, 0.15) is 25.0 Å². The molecule has 0 spiro atoms. The molecule has 0 aromatic heterocycles. The molecule has 5 nitrogen and oxygen atoms in total. The zero-order valence-electron chi connectivity index (χ0n) is 14.1. The van der Waals surface area contributed by atoms with Gasteiger partial charge >= 0.3 is 0 Å². The van der Waals surface area contributed by atoms with E-state index in [1.54, 1.807) is 0 Å². The molecule has 1 aromatic rings. The number of carbonyl (C=O) groups excluding carboxylic acids is 2. The average Bonchev–Trinajstić information content (AvgIpc) is 2.42. The topological polar surface area (TPSA) is 61.4 Å². The smallest absolute Gasteiger partial charge is 0.238 e. The molecule has 2 rings (SSSR count). The minimum Gasteiger partial charge on any atom is -0.353 e. The highest BCUT2D eigenvalue weighted by molar-refractivity contribution is 6.34. The first-order valence-electron chi connectivity index (χ1n) is 7.88. The highest BCUT2D eigenvalue weighted by Gasteiger charge is 2.33. The van der Waals surface area contributed by atoms with Crippen molar-refractivity contribution in [1.29, 1.82) is 0 Å². The van der Waals surface area contributed by atoms with E-state index in [1.807, 2.05) is 44.7 Å². The normalized spacial score (nSPS) is 18.9. The van der Waals surface area contributed by atoms with Crippen molar-refractivity contribution in [2.45, 2.75) is 33.7 Å². The van der Waals surface area contributed by atoms with E-state index in [9.17, 15) is 9.59 Å². The van der Waals surface area contributed by atoms with Crippen molar-refractivity contribution in [2.75, 3.05) is 25.0 Å². The van der Waals surface area contributed by atoms with Crippen molar-refractivity contribution in [1.82, 2.24) is 10.2 Å². The Labute approximate surface area is 142 Å². The summed E-state index contributed by atoms with van der Waals surface area (Å²) in [7, 11) is 0. The molecule has 1 heterocycles. The first-order chi connectivity index (χ1) is 10.8. The van der Waals surface area contributed by atoms with Gasteiger partial charge in [0.1, 0.15) is 0 Å². The van der Waals surface area contributed by atoms with Crippen LogP contribution in [0.2, 0.25) is 5.02 Å². The summed E-state index contributed by atoms with van der Waals surface area (Å²) < 4.78 is 0. The molecule has 126 valence electrons. The summed E-state index contributed by atoms with van der Waals surface area (Å²) in [5.41, 5.74) is 2.63. The fourth-order valence-corrected chi connectivity index (χ4v) is 3.44. The van der Waals surface area contributed by atoms with E-state index < -0.39 is 0 Å². The number of benzene rings is 1. The maximum atomic E-state index is 12.4. The monoisotopic (exact) mass is 337 g/mol. The largest absolute Gasteiger partial charge is 0.353 e. The number of rotatable bonds is 4. The second-order valence-corrected chi connectivity index (χ2v) is 6.84. The molecular weight excluding hydrogens is 314 g/mol. The minimum absolute atomic E-state index is 0.0106. The average molecular weight is 338 g/mol. The van der Waals surface area contributed by atoms with Crippen molar-refractivity contribution < 1.29 is 9.59 Å². The molecule has 0 bridgehead atoms. The molecule has 1 unspecified atom stereocenters. The molecule has 2 N–H and O–H groups in total. The number of nitrogens with zero attached hydrogens (tertiary/aromatic N) is 1. The van der Waals surface area contributed by atoms with Gasteiger partial charge in [-0.1, -0.05) is 31.5 Å². The third kappa shape index (κ3) is 4.24. The Kier molecular flexibility index (Phi) is 5.65. The van der Waals surface area contributed by atoms with Crippen molar-refractivity contribution >= 4 is 29.1 Å². The van der Waals surface area contributed by atoms with E-state index in [4.69, 9.17) is 11.6 Å². The second-order valence-electron chi connectivity index (χ2n) is 6.44. The first kappa shape index (κ1) is 17.8. The van der Waals surface area contributed by atoms with E-state index >= 15 is 0 Å². The standard InChI is InChI=1S/C17H24ClN3O2/c1-10(2)16-17(23)19-5-6-21(16)9-14(22)20-15-12(4)7-11(3)8-13(15)18/h7-8,10,16H,5-6,9H2,1-4H3,(H,19,23)(H,20,22). The number of carbonyl (C=O) groups is 2. The molecule has 0 aliphatic carbocycles. The van der Waals surface area contributed by atoms with Gasteiger partial charge in [-0.2, -0.15) is 0 Å². The number of piperazine rings is 1.